The minimum Gasteiger partial charge on any atom is -0.493 e. The van der Waals surface area contributed by atoms with E-state index in [4.69, 9.17) is 21.1 Å². The third-order valence-electron chi connectivity index (χ3n) is 4.77. The SMILES string of the molecule is CCN1CCC(N(C)C(=O)/C=C/c2cc(Cl)c(OC)c(OC)c2)CC1. The fourth-order valence-corrected chi connectivity index (χ4v) is 3.42. The molecule has 1 amide bonds. The van der Waals surface area contributed by atoms with E-state index >= 15 is 0 Å². The van der Waals surface area contributed by atoms with E-state index in [9.17, 15) is 4.79 Å². The highest BCUT2D eigenvalue weighted by molar-refractivity contribution is 6.32. The fraction of sp³-hybridized carbons (Fsp3) is 0.526. The van der Waals surface area contributed by atoms with Crippen molar-refractivity contribution < 1.29 is 14.3 Å². The van der Waals surface area contributed by atoms with Crippen LogP contribution in [0.3, 0.4) is 0 Å². The fourth-order valence-electron chi connectivity index (χ4n) is 3.12. The smallest absolute Gasteiger partial charge is 0.246 e. The molecule has 1 aliphatic rings. The van der Waals surface area contributed by atoms with Gasteiger partial charge in [0.15, 0.2) is 11.5 Å². The van der Waals surface area contributed by atoms with Gasteiger partial charge in [-0.05, 0) is 43.2 Å². The van der Waals surface area contributed by atoms with E-state index in [1.54, 1.807) is 38.5 Å². The van der Waals surface area contributed by atoms with Crippen molar-refractivity contribution in [2.75, 3.05) is 40.9 Å². The Morgan fingerprint density at radius 2 is 2.00 bits per heavy atom. The zero-order valence-electron chi connectivity index (χ0n) is 15.4. The molecular weight excluding hydrogens is 340 g/mol. The number of piperidine rings is 1. The summed E-state index contributed by atoms with van der Waals surface area (Å²) in [6.45, 7) is 5.35. The predicted octanol–water partition coefficient (Wildman–Crippen LogP) is 3.31. The van der Waals surface area contributed by atoms with Crippen LogP contribution < -0.4 is 9.47 Å². The summed E-state index contributed by atoms with van der Waals surface area (Å²) < 4.78 is 10.5. The molecule has 138 valence electrons. The van der Waals surface area contributed by atoms with Gasteiger partial charge in [-0.3, -0.25) is 4.79 Å². The Bertz CT molecular complexity index is 625. The van der Waals surface area contributed by atoms with Gasteiger partial charge in [-0.25, -0.2) is 0 Å². The topological polar surface area (TPSA) is 42.0 Å². The van der Waals surface area contributed by atoms with Crippen LogP contribution in [0.1, 0.15) is 25.3 Å². The van der Waals surface area contributed by atoms with Crippen LogP contribution in [0.4, 0.5) is 0 Å². The highest BCUT2D eigenvalue weighted by atomic mass is 35.5. The molecular formula is C19H27ClN2O3. The maximum absolute atomic E-state index is 12.5. The van der Waals surface area contributed by atoms with Gasteiger partial charge in [0, 0.05) is 32.3 Å². The number of likely N-dealkylation sites (N-methyl/N-ethyl adjacent to an activating group) is 1. The Labute approximate surface area is 155 Å². The van der Waals surface area contributed by atoms with Crippen molar-refractivity contribution in [3.63, 3.8) is 0 Å². The standard InChI is InChI=1S/C19H27ClN2O3/c1-5-22-10-8-15(9-11-22)21(2)18(23)7-6-14-12-16(20)19(25-4)17(13-14)24-3/h6-7,12-13,15H,5,8-11H2,1-4H3/b7-6+. The number of nitrogens with zero attached hydrogens (tertiary/aromatic N) is 2. The lowest BCUT2D eigenvalue weighted by molar-refractivity contribution is -0.127. The normalized spacial score (nSPS) is 16.2. The Morgan fingerprint density at radius 1 is 1.32 bits per heavy atom. The number of likely N-dealkylation sites (tertiary alicyclic amines) is 1. The van der Waals surface area contributed by atoms with Crippen LogP contribution in [0.5, 0.6) is 11.5 Å². The molecule has 1 saturated heterocycles. The number of hydrogen-bond donors (Lipinski definition) is 0. The van der Waals surface area contributed by atoms with Crippen LogP contribution in [0.2, 0.25) is 5.02 Å². The molecule has 1 aromatic carbocycles. The summed E-state index contributed by atoms with van der Waals surface area (Å²) in [5, 5.41) is 0.453. The average Bonchev–Trinajstić information content (AvgIpc) is 2.64. The molecule has 0 spiro atoms. The Kier molecular flexibility index (Phi) is 7.14. The van der Waals surface area contributed by atoms with Crippen LogP contribution in [0.25, 0.3) is 6.08 Å². The monoisotopic (exact) mass is 366 g/mol. The van der Waals surface area contributed by atoms with Crippen molar-refractivity contribution in [1.82, 2.24) is 9.80 Å². The molecule has 6 heteroatoms. The van der Waals surface area contributed by atoms with Gasteiger partial charge in [0.1, 0.15) is 0 Å². The summed E-state index contributed by atoms with van der Waals surface area (Å²) in [6, 6.07) is 3.86. The van der Waals surface area contributed by atoms with E-state index in [1.807, 2.05) is 11.9 Å². The second kappa shape index (κ2) is 9.11. The first-order chi connectivity index (χ1) is 12.0. The molecule has 1 aliphatic heterocycles. The Morgan fingerprint density at radius 3 is 2.56 bits per heavy atom. The van der Waals surface area contributed by atoms with Crippen LogP contribution >= 0.6 is 11.6 Å². The highest BCUT2D eigenvalue weighted by Gasteiger charge is 2.23. The van der Waals surface area contributed by atoms with Gasteiger partial charge in [0.2, 0.25) is 5.91 Å². The molecule has 2 rings (SSSR count). The van der Waals surface area contributed by atoms with Gasteiger partial charge in [0.25, 0.3) is 0 Å². The van der Waals surface area contributed by atoms with E-state index < -0.39 is 0 Å². The Balaban J connectivity index is 2.03. The van der Waals surface area contributed by atoms with Gasteiger partial charge in [-0.15, -0.1) is 0 Å². The molecule has 0 aliphatic carbocycles. The van der Waals surface area contributed by atoms with Crippen molar-refractivity contribution in [2.24, 2.45) is 0 Å². The number of hydrogen-bond acceptors (Lipinski definition) is 4. The molecule has 1 fully saturated rings. The summed E-state index contributed by atoms with van der Waals surface area (Å²) in [6.07, 6.45) is 5.38. The molecule has 0 bridgehead atoms. The van der Waals surface area contributed by atoms with Crippen molar-refractivity contribution in [3.8, 4) is 11.5 Å². The number of halogens is 1. The third kappa shape index (κ3) is 4.89. The first-order valence-electron chi connectivity index (χ1n) is 8.58. The largest absolute Gasteiger partial charge is 0.493 e. The number of benzene rings is 1. The highest BCUT2D eigenvalue weighted by Crippen LogP contribution is 2.36. The summed E-state index contributed by atoms with van der Waals surface area (Å²) in [5.74, 6) is 1.04. The lowest BCUT2D eigenvalue weighted by atomic mass is 10.0. The van der Waals surface area contributed by atoms with Gasteiger partial charge in [-0.1, -0.05) is 18.5 Å². The van der Waals surface area contributed by atoms with E-state index in [2.05, 4.69) is 11.8 Å². The van der Waals surface area contributed by atoms with Gasteiger partial charge >= 0.3 is 0 Å². The minimum atomic E-state index is 0.000792. The summed E-state index contributed by atoms with van der Waals surface area (Å²) >= 11 is 6.20. The molecule has 1 aromatic rings. The molecule has 1 heterocycles. The second-order valence-electron chi connectivity index (χ2n) is 6.19. The maximum Gasteiger partial charge on any atom is 0.246 e. The number of methoxy groups -OCH3 is 2. The average molecular weight is 367 g/mol. The van der Waals surface area contributed by atoms with E-state index in [0.717, 1.165) is 38.0 Å². The summed E-state index contributed by atoms with van der Waals surface area (Å²) in [7, 11) is 4.98. The molecule has 0 unspecified atom stereocenters. The van der Waals surface area contributed by atoms with Crippen molar-refractivity contribution in [3.05, 3.63) is 28.8 Å². The van der Waals surface area contributed by atoms with Gasteiger partial charge < -0.3 is 19.3 Å². The second-order valence-corrected chi connectivity index (χ2v) is 6.59. The number of ether oxygens (including phenoxy) is 2. The van der Waals surface area contributed by atoms with Gasteiger partial charge in [0.05, 0.1) is 19.2 Å². The summed E-state index contributed by atoms with van der Waals surface area (Å²) in [5.41, 5.74) is 0.796. The Hall–Kier alpha value is -1.72. The predicted molar refractivity (Wildman–Crippen MR) is 101 cm³/mol. The number of amides is 1. The van der Waals surface area contributed by atoms with Crippen molar-refractivity contribution in [2.45, 2.75) is 25.8 Å². The van der Waals surface area contributed by atoms with Crippen LogP contribution in [0, 0.1) is 0 Å². The van der Waals surface area contributed by atoms with Crippen LogP contribution in [-0.2, 0) is 4.79 Å². The van der Waals surface area contributed by atoms with E-state index in [0.29, 0.717) is 22.6 Å². The first-order valence-corrected chi connectivity index (χ1v) is 8.96. The minimum absolute atomic E-state index is 0.000792. The third-order valence-corrected chi connectivity index (χ3v) is 5.05. The summed E-state index contributed by atoms with van der Waals surface area (Å²) in [4.78, 5) is 16.7. The van der Waals surface area contributed by atoms with Crippen LogP contribution in [0.15, 0.2) is 18.2 Å². The number of carbonyl (C=O) groups excluding carboxylic acids is 1. The lowest BCUT2D eigenvalue weighted by Gasteiger charge is -2.35. The maximum atomic E-state index is 12.5. The van der Waals surface area contributed by atoms with Crippen molar-refractivity contribution in [1.29, 1.82) is 0 Å². The van der Waals surface area contributed by atoms with Crippen molar-refractivity contribution >= 4 is 23.6 Å². The van der Waals surface area contributed by atoms with Crippen LogP contribution in [-0.4, -0.2) is 62.7 Å². The number of carbonyl (C=O) groups is 1. The zero-order chi connectivity index (χ0) is 18.4. The molecule has 0 radical (unpaired) electrons. The zero-order valence-corrected chi connectivity index (χ0v) is 16.2. The molecule has 0 saturated carbocycles. The molecule has 0 aromatic heterocycles. The van der Waals surface area contributed by atoms with E-state index in [-0.39, 0.29) is 5.91 Å². The van der Waals surface area contributed by atoms with Gasteiger partial charge in [-0.2, -0.15) is 0 Å². The lowest BCUT2D eigenvalue weighted by Crippen LogP contribution is -2.45. The molecule has 0 N–H and O–H groups in total. The molecule has 5 nitrogen and oxygen atoms in total. The quantitative estimate of drug-likeness (QED) is 0.724. The molecule has 25 heavy (non-hydrogen) atoms. The number of rotatable bonds is 6. The first kappa shape index (κ1) is 19.6. The molecule has 0 atom stereocenters. The van der Waals surface area contributed by atoms with E-state index in [1.165, 1.54) is 0 Å².